The van der Waals surface area contributed by atoms with Gasteiger partial charge in [0.1, 0.15) is 0 Å². The number of carbonyl (C=O) groups is 1. The van der Waals surface area contributed by atoms with Gasteiger partial charge in [0.25, 0.3) is 0 Å². The van der Waals surface area contributed by atoms with Crippen LogP contribution in [0, 0.1) is 0 Å². The Morgan fingerprint density at radius 3 is 1.08 bits per heavy atom. The van der Waals surface area contributed by atoms with Crippen LogP contribution in [0.4, 0.5) is 83.4 Å². The van der Waals surface area contributed by atoms with Gasteiger partial charge in [0, 0.05) is 5.56 Å². The summed E-state index contributed by atoms with van der Waals surface area (Å²) >= 11 is 0. The van der Waals surface area contributed by atoms with Crippen LogP contribution in [0.25, 0.3) is 0 Å². The zero-order valence-electron chi connectivity index (χ0n) is 17.3. The molecule has 0 fully saturated rings. The summed E-state index contributed by atoms with van der Waals surface area (Å²) in [4.78, 5) is 11.2. The van der Waals surface area contributed by atoms with Gasteiger partial charge >= 0.3 is 59.5 Å². The fourth-order valence-electron chi connectivity index (χ4n) is 2.48. The zero-order valence-corrected chi connectivity index (χ0v) is 17.3. The van der Waals surface area contributed by atoms with Gasteiger partial charge in [0.15, 0.2) is 0 Å². The van der Waals surface area contributed by atoms with Gasteiger partial charge in [-0.2, -0.15) is 83.4 Å². The Labute approximate surface area is 196 Å². The lowest BCUT2D eigenvalue weighted by Crippen LogP contribution is -2.75. The summed E-state index contributed by atoms with van der Waals surface area (Å²) in [5, 5.41) is 0. The Hall–Kier alpha value is -2.64. The van der Waals surface area contributed by atoms with Gasteiger partial charge in [0.2, 0.25) is 0 Å². The molecule has 21 heteroatoms. The maximum atomic E-state index is 14.1. The second-order valence-electron chi connectivity index (χ2n) is 7.16. The molecule has 0 heterocycles. The van der Waals surface area contributed by atoms with Crippen molar-refractivity contribution >= 4 is 5.97 Å². The van der Waals surface area contributed by atoms with E-state index in [9.17, 15) is 88.2 Å². The van der Waals surface area contributed by atoms with Crippen LogP contribution in [0.5, 0.6) is 0 Å². The molecule has 1 aromatic rings. The average molecular weight is 604 g/mol. The first-order chi connectivity index (χ1) is 16.4. The van der Waals surface area contributed by atoms with Crippen molar-refractivity contribution in [1.29, 1.82) is 0 Å². The number of benzene rings is 1. The first kappa shape index (κ1) is 33.4. The Balaban J connectivity index is 3.74. The molecule has 0 saturated heterocycles. The van der Waals surface area contributed by atoms with Gasteiger partial charge in [0.05, 0.1) is 12.7 Å². The zero-order chi connectivity index (χ0) is 30.8. The number of alkyl halides is 19. The number of esters is 1. The number of methoxy groups -OCH3 is 1. The van der Waals surface area contributed by atoms with E-state index in [0.717, 1.165) is 0 Å². The van der Waals surface area contributed by atoms with Gasteiger partial charge in [-0.05, 0) is 12.1 Å². The standard InChI is InChI=1S/C17H7F19O2/c1-38-8(37)6-2-4-7(5-3-6)9(18,19)10(20,21)11(22,23)12(24,25)13(26,27)14(28,29)15(30,31)16(32,33)17(34,35)36/h2-5H,1H3. The molecular formula is C17H7F19O2. The number of hydrogen-bond donors (Lipinski definition) is 0. The van der Waals surface area contributed by atoms with Crippen LogP contribution < -0.4 is 0 Å². The predicted molar refractivity (Wildman–Crippen MR) is 82.4 cm³/mol. The Morgan fingerprint density at radius 2 is 0.789 bits per heavy atom. The van der Waals surface area contributed by atoms with Gasteiger partial charge in [-0.25, -0.2) is 4.79 Å². The lowest BCUT2D eigenvalue weighted by molar-refractivity contribution is -0.469. The van der Waals surface area contributed by atoms with Crippen LogP contribution in [-0.4, -0.2) is 60.7 Å². The van der Waals surface area contributed by atoms with Crippen molar-refractivity contribution in [2.45, 2.75) is 53.6 Å². The molecule has 0 aromatic heterocycles. The molecule has 1 rings (SSSR count). The van der Waals surface area contributed by atoms with Crippen LogP contribution in [0.3, 0.4) is 0 Å². The van der Waals surface area contributed by atoms with E-state index in [1.807, 2.05) is 0 Å². The van der Waals surface area contributed by atoms with Gasteiger partial charge in [-0.15, -0.1) is 0 Å². The Bertz CT molecular complexity index is 1020. The molecule has 0 aliphatic rings. The molecule has 38 heavy (non-hydrogen) atoms. The van der Waals surface area contributed by atoms with Crippen LogP contribution in [0.1, 0.15) is 15.9 Å². The highest BCUT2D eigenvalue weighted by molar-refractivity contribution is 5.89. The number of rotatable bonds is 9. The minimum absolute atomic E-state index is 0.101. The first-order valence-corrected chi connectivity index (χ1v) is 8.73. The molecule has 1 aromatic carbocycles. The fraction of sp³-hybridized carbons (Fsp3) is 0.588. The Morgan fingerprint density at radius 1 is 0.500 bits per heavy atom. The molecule has 220 valence electrons. The number of carbonyl (C=O) groups excluding carboxylic acids is 1. The normalized spacial score (nSPS) is 15.5. The summed E-state index contributed by atoms with van der Waals surface area (Å²) < 4.78 is 257. The number of ether oxygens (including phenoxy) is 1. The predicted octanol–water partition coefficient (Wildman–Crippen LogP) is 7.57. The average Bonchev–Trinajstić information content (AvgIpc) is 2.76. The Kier molecular flexibility index (Phi) is 7.86. The minimum atomic E-state index is -8.98. The van der Waals surface area contributed by atoms with Gasteiger partial charge in [-0.1, -0.05) is 12.1 Å². The van der Waals surface area contributed by atoms with E-state index >= 15 is 0 Å². The van der Waals surface area contributed by atoms with Crippen LogP contribution in [-0.2, 0) is 10.7 Å². The second kappa shape index (κ2) is 8.95. The molecule has 2 nitrogen and oxygen atoms in total. The van der Waals surface area contributed by atoms with Crippen LogP contribution in [0.2, 0.25) is 0 Å². The summed E-state index contributed by atoms with van der Waals surface area (Å²) in [5.41, 5.74) is -3.29. The third-order valence-corrected chi connectivity index (χ3v) is 4.78. The van der Waals surface area contributed by atoms with E-state index in [4.69, 9.17) is 0 Å². The van der Waals surface area contributed by atoms with Crippen molar-refractivity contribution in [3.05, 3.63) is 35.4 Å². The number of hydrogen-bond acceptors (Lipinski definition) is 2. The van der Waals surface area contributed by atoms with Crippen molar-refractivity contribution in [1.82, 2.24) is 0 Å². The van der Waals surface area contributed by atoms with E-state index in [-0.39, 0.29) is 24.3 Å². The van der Waals surface area contributed by atoms with E-state index in [1.54, 1.807) is 0 Å². The highest BCUT2D eigenvalue weighted by atomic mass is 19.4. The first-order valence-electron chi connectivity index (χ1n) is 8.73. The summed E-state index contributed by atoms with van der Waals surface area (Å²) in [5.74, 6) is -68.6. The van der Waals surface area contributed by atoms with Crippen LogP contribution in [0.15, 0.2) is 24.3 Å². The van der Waals surface area contributed by atoms with Crippen LogP contribution >= 0.6 is 0 Å². The largest absolute Gasteiger partial charge is 0.465 e. The molecule has 0 amide bonds. The molecule has 0 atom stereocenters. The number of halogens is 19. The van der Waals surface area contributed by atoms with E-state index < -0.39 is 70.7 Å². The smallest absolute Gasteiger partial charge is 0.460 e. The highest BCUT2D eigenvalue weighted by Gasteiger charge is 2.96. The molecule has 0 N–H and O–H groups in total. The summed E-state index contributed by atoms with van der Waals surface area (Å²) in [6.45, 7) is 0. The topological polar surface area (TPSA) is 26.3 Å². The van der Waals surface area contributed by atoms with Crippen molar-refractivity contribution in [3.8, 4) is 0 Å². The van der Waals surface area contributed by atoms with E-state index in [2.05, 4.69) is 4.74 Å². The molecule has 0 aliphatic heterocycles. The maximum absolute atomic E-state index is 14.1. The lowest BCUT2D eigenvalue weighted by Gasteiger charge is -2.43. The minimum Gasteiger partial charge on any atom is -0.465 e. The van der Waals surface area contributed by atoms with Gasteiger partial charge < -0.3 is 4.74 Å². The quantitative estimate of drug-likeness (QED) is 0.215. The molecule has 0 saturated carbocycles. The maximum Gasteiger partial charge on any atom is 0.460 e. The van der Waals surface area contributed by atoms with Crippen molar-refractivity contribution in [2.75, 3.05) is 7.11 Å². The summed E-state index contributed by atoms with van der Waals surface area (Å²) in [6.07, 6.45) is -7.93. The monoisotopic (exact) mass is 604 g/mol. The summed E-state index contributed by atoms with van der Waals surface area (Å²) in [6, 6.07) is -0.549. The third kappa shape index (κ3) is 4.19. The highest BCUT2D eigenvalue weighted by Crippen LogP contribution is 2.66. The van der Waals surface area contributed by atoms with Gasteiger partial charge in [-0.3, -0.25) is 0 Å². The SMILES string of the molecule is COC(=O)c1ccc(C(F)(F)C(F)(F)C(F)(F)C(F)(F)C(F)(F)C(F)(F)C(F)(F)C(F)(F)C(F)(F)F)cc1. The molecule has 0 aliphatic carbocycles. The molecule has 0 radical (unpaired) electrons. The van der Waals surface area contributed by atoms with E-state index in [1.165, 1.54) is 0 Å². The van der Waals surface area contributed by atoms with E-state index in [0.29, 0.717) is 7.11 Å². The summed E-state index contributed by atoms with van der Waals surface area (Å²) in [7, 11) is 0.686. The molecular weight excluding hydrogens is 597 g/mol. The lowest BCUT2D eigenvalue weighted by atomic mass is 9.86. The fourth-order valence-corrected chi connectivity index (χ4v) is 2.48. The second-order valence-corrected chi connectivity index (χ2v) is 7.16. The molecule has 0 spiro atoms. The molecule has 0 bridgehead atoms. The van der Waals surface area contributed by atoms with Crippen molar-refractivity contribution < 1.29 is 92.9 Å². The third-order valence-electron chi connectivity index (χ3n) is 4.78. The molecule has 0 unspecified atom stereocenters. The van der Waals surface area contributed by atoms with Crippen molar-refractivity contribution in [3.63, 3.8) is 0 Å². The van der Waals surface area contributed by atoms with Crippen molar-refractivity contribution in [2.24, 2.45) is 0 Å².